The van der Waals surface area contributed by atoms with Crippen LogP contribution < -0.4 is 10.6 Å². The Labute approximate surface area is 113 Å². The first-order chi connectivity index (χ1) is 8.93. The van der Waals surface area contributed by atoms with Crippen LogP contribution in [0.5, 0.6) is 0 Å². The van der Waals surface area contributed by atoms with E-state index in [-0.39, 0.29) is 0 Å². The molecule has 3 N–H and O–H groups in total. The minimum Gasteiger partial charge on any atom is -0.480 e. The second-order valence-electron chi connectivity index (χ2n) is 4.67. The van der Waals surface area contributed by atoms with E-state index in [2.05, 4.69) is 24.5 Å². The van der Waals surface area contributed by atoms with E-state index in [0.717, 1.165) is 0 Å². The Bertz CT molecular complexity index is 441. The average molecular weight is 264 g/mol. The van der Waals surface area contributed by atoms with Crippen molar-refractivity contribution in [2.24, 2.45) is 0 Å². The highest BCUT2D eigenvalue weighted by Crippen LogP contribution is 2.16. The largest absolute Gasteiger partial charge is 0.480 e. The summed E-state index contributed by atoms with van der Waals surface area (Å²) in [5.74, 6) is -0.604. The molecule has 0 radical (unpaired) electrons. The highest BCUT2D eigenvalue weighted by molar-refractivity contribution is 5.92. The van der Waals surface area contributed by atoms with Gasteiger partial charge in [0.15, 0.2) is 0 Å². The van der Waals surface area contributed by atoms with Gasteiger partial charge in [0.1, 0.15) is 6.04 Å². The summed E-state index contributed by atoms with van der Waals surface area (Å²) < 4.78 is 0. The molecule has 0 saturated carbocycles. The van der Waals surface area contributed by atoms with Gasteiger partial charge < -0.3 is 15.7 Å². The number of hydrogen-bond donors (Lipinski definition) is 3. The first-order valence-corrected chi connectivity index (χ1v) is 6.34. The van der Waals surface area contributed by atoms with E-state index in [0.29, 0.717) is 18.0 Å². The number of carbonyl (C=O) groups is 2. The molecule has 1 aromatic carbocycles. The molecule has 0 fully saturated rings. The van der Waals surface area contributed by atoms with Gasteiger partial charge in [0, 0.05) is 5.69 Å². The molecule has 0 bridgehead atoms. The van der Waals surface area contributed by atoms with Gasteiger partial charge in [-0.3, -0.25) is 0 Å². The Morgan fingerprint density at radius 2 is 1.79 bits per heavy atom. The van der Waals surface area contributed by atoms with Crippen molar-refractivity contribution in [1.82, 2.24) is 5.32 Å². The molecule has 0 saturated heterocycles. The Morgan fingerprint density at radius 3 is 2.21 bits per heavy atom. The molecule has 19 heavy (non-hydrogen) atoms. The molecule has 0 aliphatic carbocycles. The number of carbonyl (C=O) groups excluding carboxylic acids is 1. The zero-order valence-corrected chi connectivity index (χ0v) is 11.4. The summed E-state index contributed by atoms with van der Waals surface area (Å²) in [5, 5.41) is 13.9. The molecule has 1 rings (SSSR count). The molecule has 104 valence electrons. The normalized spacial score (nSPS) is 12.0. The maximum Gasteiger partial charge on any atom is 0.326 e. The number of carboxylic acid groups (broad SMARTS) is 1. The fourth-order valence-corrected chi connectivity index (χ4v) is 1.62. The molecular formula is C14H20N2O3. The molecule has 0 heterocycles. The molecule has 5 nitrogen and oxygen atoms in total. The number of rotatable bonds is 5. The maximum atomic E-state index is 11.6. The van der Waals surface area contributed by atoms with Crippen LogP contribution in [0, 0.1) is 0 Å². The zero-order valence-electron chi connectivity index (χ0n) is 11.4. The van der Waals surface area contributed by atoms with E-state index in [1.807, 2.05) is 12.1 Å². The lowest BCUT2D eigenvalue weighted by Crippen LogP contribution is -2.42. The third-order valence-corrected chi connectivity index (χ3v) is 2.85. The highest BCUT2D eigenvalue weighted by Gasteiger charge is 2.17. The smallest absolute Gasteiger partial charge is 0.326 e. The number of benzene rings is 1. The number of amides is 2. The van der Waals surface area contributed by atoms with Crippen LogP contribution in [-0.2, 0) is 4.79 Å². The summed E-state index contributed by atoms with van der Waals surface area (Å²) in [6.45, 7) is 5.89. The Kier molecular flexibility index (Phi) is 5.36. The van der Waals surface area contributed by atoms with Crippen molar-refractivity contribution in [2.45, 2.75) is 39.2 Å². The molecule has 2 amide bonds. The van der Waals surface area contributed by atoms with Gasteiger partial charge in [-0.2, -0.15) is 0 Å². The second kappa shape index (κ2) is 6.78. The molecule has 1 aromatic rings. The van der Waals surface area contributed by atoms with Crippen LogP contribution >= 0.6 is 0 Å². The molecule has 0 aromatic heterocycles. The van der Waals surface area contributed by atoms with Crippen LogP contribution in [0.25, 0.3) is 0 Å². The van der Waals surface area contributed by atoms with Crippen molar-refractivity contribution >= 4 is 17.7 Å². The molecular weight excluding hydrogens is 244 g/mol. The predicted molar refractivity (Wildman–Crippen MR) is 74.4 cm³/mol. The summed E-state index contributed by atoms with van der Waals surface area (Å²) in [5.41, 5.74) is 1.82. The van der Waals surface area contributed by atoms with E-state index in [1.165, 1.54) is 5.56 Å². The van der Waals surface area contributed by atoms with Gasteiger partial charge in [-0.25, -0.2) is 9.59 Å². The molecule has 1 unspecified atom stereocenters. The van der Waals surface area contributed by atoms with Gasteiger partial charge in [-0.05, 0) is 30.0 Å². The summed E-state index contributed by atoms with van der Waals surface area (Å²) in [4.78, 5) is 22.4. The fourth-order valence-electron chi connectivity index (χ4n) is 1.62. The van der Waals surface area contributed by atoms with Crippen LogP contribution in [0.3, 0.4) is 0 Å². The Morgan fingerprint density at radius 1 is 1.21 bits per heavy atom. The van der Waals surface area contributed by atoms with E-state index >= 15 is 0 Å². The monoisotopic (exact) mass is 264 g/mol. The van der Waals surface area contributed by atoms with Crippen LogP contribution in [0.15, 0.2) is 24.3 Å². The Balaban J connectivity index is 2.59. The van der Waals surface area contributed by atoms with Crippen LogP contribution in [0.2, 0.25) is 0 Å². The standard InChI is InChI=1S/C14H20N2O3/c1-4-12(13(17)18)16-14(19)15-11-7-5-10(6-8-11)9(2)3/h5-9,12H,4H2,1-3H3,(H,17,18)(H2,15,16,19). The molecule has 1 atom stereocenters. The van der Waals surface area contributed by atoms with Gasteiger partial charge in [0.25, 0.3) is 0 Å². The van der Waals surface area contributed by atoms with Crippen LogP contribution in [-0.4, -0.2) is 23.1 Å². The van der Waals surface area contributed by atoms with Crippen molar-refractivity contribution in [1.29, 1.82) is 0 Å². The van der Waals surface area contributed by atoms with Gasteiger partial charge >= 0.3 is 12.0 Å². The quantitative estimate of drug-likeness (QED) is 0.765. The summed E-state index contributed by atoms with van der Waals surface area (Å²) in [6, 6.07) is 6.11. The molecule has 0 aliphatic heterocycles. The zero-order chi connectivity index (χ0) is 14.4. The van der Waals surface area contributed by atoms with Crippen molar-refractivity contribution in [3.63, 3.8) is 0 Å². The highest BCUT2D eigenvalue weighted by atomic mass is 16.4. The first kappa shape index (κ1) is 15.0. The lowest BCUT2D eigenvalue weighted by Gasteiger charge is -2.13. The lowest BCUT2D eigenvalue weighted by molar-refractivity contribution is -0.139. The second-order valence-corrected chi connectivity index (χ2v) is 4.67. The van der Waals surface area contributed by atoms with E-state index in [9.17, 15) is 9.59 Å². The van der Waals surface area contributed by atoms with Crippen molar-refractivity contribution in [3.8, 4) is 0 Å². The molecule has 0 aliphatic rings. The van der Waals surface area contributed by atoms with Crippen molar-refractivity contribution in [2.75, 3.05) is 5.32 Å². The number of aliphatic carboxylic acids is 1. The minimum atomic E-state index is -1.03. The van der Waals surface area contributed by atoms with Gasteiger partial charge in [-0.1, -0.05) is 32.9 Å². The molecule has 5 heteroatoms. The van der Waals surface area contributed by atoms with E-state index in [4.69, 9.17) is 5.11 Å². The van der Waals surface area contributed by atoms with Gasteiger partial charge in [0.2, 0.25) is 0 Å². The summed E-state index contributed by atoms with van der Waals surface area (Å²) >= 11 is 0. The van der Waals surface area contributed by atoms with Crippen molar-refractivity contribution in [3.05, 3.63) is 29.8 Å². The SMILES string of the molecule is CCC(NC(=O)Nc1ccc(C(C)C)cc1)C(=O)O. The van der Waals surface area contributed by atoms with E-state index < -0.39 is 18.0 Å². The Hall–Kier alpha value is -2.04. The minimum absolute atomic E-state index is 0.342. The average Bonchev–Trinajstić information content (AvgIpc) is 2.36. The fraction of sp³-hybridized carbons (Fsp3) is 0.429. The number of anilines is 1. The van der Waals surface area contributed by atoms with Crippen LogP contribution in [0.1, 0.15) is 38.7 Å². The predicted octanol–water partition coefficient (Wildman–Crippen LogP) is 2.79. The number of hydrogen-bond acceptors (Lipinski definition) is 2. The van der Waals surface area contributed by atoms with E-state index in [1.54, 1.807) is 19.1 Å². The lowest BCUT2D eigenvalue weighted by atomic mass is 10.0. The third-order valence-electron chi connectivity index (χ3n) is 2.85. The van der Waals surface area contributed by atoms with Crippen molar-refractivity contribution < 1.29 is 14.7 Å². The third kappa shape index (κ3) is 4.62. The number of nitrogens with one attached hydrogen (secondary N) is 2. The van der Waals surface area contributed by atoms with Gasteiger partial charge in [0.05, 0.1) is 0 Å². The number of carboxylic acids is 1. The van der Waals surface area contributed by atoms with Crippen LogP contribution in [0.4, 0.5) is 10.5 Å². The summed E-state index contributed by atoms with van der Waals surface area (Å²) in [7, 11) is 0. The molecule has 0 spiro atoms. The number of urea groups is 1. The maximum absolute atomic E-state index is 11.6. The first-order valence-electron chi connectivity index (χ1n) is 6.34. The topological polar surface area (TPSA) is 78.4 Å². The van der Waals surface area contributed by atoms with Gasteiger partial charge in [-0.15, -0.1) is 0 Å². The summed E-state index contributed by atoms with van der Waals surface area (Å²) in [6.07, 6.45) is 0.342.